The van der Waals surface area contributed by atoms with Crippen LogP contribution in [-0.4, -0.2) is 42.8 Å². The van der Waals surface area contributed by atoms with Gasteiger partial charge >= 0.3 is 0 Å². The number of para-hydroxylation sites is 1. The number of H-pyrrole nitrogens is 1. The van der Waals surface area contributed by atoms with Crippen molar-refractivity contribution in [2.45, 2.75) is 13.5 Å². The van der Waals surface area contributed by atoms with Gasteiger partial charge in [0.15, 0.2) is 0 Å². The van der Waals surface area contributed by atoms with Crippen LogP contribution in [0.2, 0.25) is 0 Å². The van der Waals surface area contributed by atoms with E-state index in [0.717, 1.165) is 38.1 Å². The van der Waals surface area contributed by atoms with E-state index < -0.39 is 0 Å². The summed E-state index contributed by atoms with van der Waals surface area (Å²) in [5.41, 5.74) is 1.05. The molecule has 2 heterocycles. The molecule has 1 fully saturated rings. The van der Waals surface area contributed by atoms with E-state index in [-0.39, 0.29) is 11.3 Å². The molecule has 1 saturated heterocycles. The Bertz CT molecular complexity index is 687. The van der Waals surface area contributed by atoms with Gasteiger partial charge < -0.3 is 19.9 Å². The van der Waals surface area contributed by atoms with Crippen molar-refractivity contribution in [3.05, 3.63) is 40.2 Å². The molecule has 0 atom stereocenters. The van der Waals surface area contributed by atoms with Crippen molar-refractivity contribution in [3.63, 3.8) is 0 Å². The van der Waals surface area contributed by atoms with Crippen LogP contribution in [0.4, 0.5) is 0 Å². The molecule has 3 rings (SSSR count). The zero-order valence-electron chi connectivity index (χ0n) is 12.4. The SMILES string of the molecule is CC[NH+]1CC[NH+](Cc2c(O)c3ccccc3[nH]c2=O)CC1. The van der Waals surface area contributed by atoms with E-state index in [1.807, 2.05) is 24.3 Å². The Morgan fingerprint density at radius 1 is 1.14 bits per heavy atom. The number of benzene rings is 1. The highest BCUT2D eigenvalue weighted by Crippen LogP contribution is 2.23. The first-order chi connectivity index (χ1) is 10.2. The Morgan fingerprint density at radius 3 is 2.52 bits per heavy atom. The quantitative estimate of drug-likeness (QED) is 0.558. The summed E-state index contributed by atoms with van der Waals surface area (Å²) in [5, 5.41) is 11.1. The first-order valence-electron chi connectivity index (χ1n) is 7.69. The zero-order chi connectivity index (χ0) is 14.8. The number of aromatic nitrogens is 1. The molecule has 0 unspecified atom stereocenters. The van der Waals surface area contributed by atoms with Crippen LogP contribution in [0.5, 0.6) is 5.75 Å². The molecular weight excluding hydrogens is 266 g/mol. The minimum absolute atomic E-state index is 0.145. The molecule has 0 spiro atoms. The molecule has 0 bridgehead atoms. The summed E-state index contributed by atoms with van der Waals surface area (Å²) in [7, 11) is 0. The third kappa shape index (κ3) is 2.80. The lowest BCUT2D eigenvalue weighted by Crippen LogP contribution is -3.27. The number of piperazine rings is 1. The van der Waals surface area contributed by atoms with Crippen LogP contribution in [0, 0.1) is 0 Å². The monoisotopic (exact) mass is 289 g/mol. The van der Waals surface area contributed by atoms with E-state index in [2.05, 4.69) is 11.9 Å². The highest BCUT2D eigenvalue weighted by Gasteiger charge is 2.24. The van der Waals surface area contributed by atoms with Gasteiger partial charge in [-0.15, -0.1) is 0 Å². The predicted molar refractivity (Wildman–Crippen MR) is 81.9 cm³/mol. The Balaban J connectivity index is 1.86. The van der Waals surface area contributed by atoms with Gasteiger partial charge in [0, 0.05) is 5.39 Å². The molecule has 1 aliphatic heterocycles. The molecule has 2 aromatic rings. The maximum atomic E-state index is 12.2. The van der Waals surface area contributed by atoms with E-state index in [1.54, 1.807) is 4.90 Å². The minimum atomic E-state index is -0.163. The Hall–Kier alpha value is -1.85. The van der Waals surface area contributed by atoms with Gasteiger partial charge in [0.25, 0.3) is 5.56 Å². The van der Waals surface area contributed by atoms with Crippen molar-refractivity contribution in [2.75, 3.05) is 32.7 Å². The van der Waals surface area contributed by atoms with Crippen molar-refractivity contribution < 1.29 is 14.9 Å². The number of nitrogens with one attached hydrogen (secondary N) is 3. The highest BCUT2D eigenvalue weighted by atomic mass is 16.3. The van der Waals surface area contributed by atoms with Crippen molar-refractivity contribution in [3.8, 4) is 5.75 Å². The van der Waals surface area contributed by atoms with Crippen LogP contribution < -0.4 is 15.4 Å². The van der Waals surface area contributed by atoms with Crippen LogP contribution in [0.1, 0.15) is 12.5 Å². The maximum absolute atomic E-state index is 12.2. The number of aromatic amines is 1. The van der Waals surface area contributed by atoms with Gasteiger partial charge in [-0.05, 0) is 19.1 Å². The third-order valence-electron chi connectivity index (χ3n) is 4.58. The van der Waals surface area contributed by atoms with Gasteiger partial charge in [-0.1, -0.05) is 12.1 Å². The van der Waals surface area contributed by atoms with Crippen LogP contribution >= 0.6 is 0 Å². The van der Waals surface area contributed by atoms with Gasteiger partial charge in [0.1, 0.15) is 44.0 Å². The lowest BCUT2D eigenvalue weighted by atomic mass is 10.1. The number of pyridine rings is 1. The molecule has 5 nitrogen and oxygen atoms in total. The first-order valence-corrected chi connectivity index (χ1v) is 7.69. The molecule has 0 aliphatic carbocycles. The Morgan fingerprint density at radius 2 is 1.81 bits per heavy atom. The van der Waals surface area contributed by atoms with E-state index in [0.29, 0.717) is 17.6 Å². The van der Waals surface area contributed by atoms with E-state index >= 15 is 0 Å². The van der Waals surface area contributed by atoms with E-state index in [1.165, 1.54) is 4.90 Å². The molecule has 4 N–H and O–H groups in total. The largest absolute Gasteiger partial charge is 0.507 e. The van der Waals surface area contributed by atoms with Crippen molar-refractivity contribution in [1.29, 1.82) is 0 Å². The summed E-state index contributed by atoms with van der Waals surface area (Å²) >= 11 is 0. The molecule has 1 aromatic heterocycles. The molecule has 0 amide bonds. The minimum Gasteiger partial charge on any atom is -0.507 e. The fourth-order valence-electron chi connectivity index (χ4n) is 3.17. The summed E-state index contributed by atoms with van der Waals surface area (Å²) in [6.07, 6.45) is 0. The number of quaternary nitrogens is 2. The van der Waals surface area contributed by atoms with Gasteiger partial charge in [0.05, 0.1) is 12.1 Å². The number of hydrogen-bond donors (Lipinski definition) is 4. The Kier molecular flexibility index (Phi) is 3.94. The molecule has 21 heavy (non-hydrogen) atoms. The normalized spacial score (nSPS) is 22.5. The van der Waals surface area contributed by atoms with E-state index in [4.69, 9.17) is 0 Å². The van der Waals surface area contributed by atoms with Gasteiger partial charge in [-0.3, -0.25) is 4.79 Å². The van der Waals surface area contributed by atoms with E-state index in [9.17, 15) is 9.90 Å². The number of rotatable bonds is 3. The second-order valence-electron chi connectivity index (χ2n) is 5.86. The summed E-state index contributed by atoms with van der Waals surface area (Å²) in [6, 6.07) is 7.39. The van der Waals surface area contributed by atoms with Crippen molar-refractivity contribution in [1.82, 2.24) is 4.98 Å². The van der Waals surface area contributed by atoms with Crippen LogP contribution in [0.3, 0.4) is 0 Å². The summed E-state index contributed by atoms with van der Waals surface area (Å²) in [6.45, 7) is 8.35. The molecule has 5 heteroatoms. The second-order valence-corrected chi connectivity index (χ2v) is 5.86. The van der Waals surface area contributed by atoms with Crippen molar-refractivity contribution >= 4 is 10.9 Å². The lowest BCUT2D eigenvalue weighted by Gasteiger charge is -2.29. The standard InChI is InChI=1S/C16H21N3O2/c1-2-18-7-9-19(10-8-18)11-13-15(20)12-5-3-4-6-14(12)17-16(13)21/h3-6H,2,7-11H2,1H3,(H2,17,20,21)/p+2. The third-order valence-corrected chi connectivity index (χ3v) is 4.58. The highest BCUT2D eigenvalue weighted by molar-refractivity contribution is 5.85. The number of likely N-dealkylation sites (N-methyl/N-ethyl adjacent to an activating group) is 1. The average molecular weight is 289 g/mol. The van der Waals surface area contributed by atoms with Gasteiger partial charge in [0.2, 0.25) is 0 Å². The number of aromatic hydroxyl groups is 1. The predicted octanol–water partition coefficient (Wildman–Crippen LogP) is -1.46. The summed E-state index contributed by atoms with van der Waals surface area (Å²) < 4.78 is 0. The zero-order valence-corrected chi connectivity index (χ0v) is 12.4. The van der Waals surface area contributed by atoms with Gasteiger partial charge in [-0.25, -0.2) is 0 Å². The van der Waals surface area contributed by atoms with Crippen LogP contribution in [-0.2, 0) is 6.54 Å². The second kappa shape index (κ2) is 5.87. The molecular formula is C16H23N3O2+2. The van der Waals surface area contributed by atoms with Crippen LogP contribution in [0.15, 0.2) is 29.1 Å². The summed E-state index contributed by atoms with van der Waals surface area (Å²) in [5.74, 6) is 0.145. The lowest BCUT2D eigenvalue weighted by molar-refractivity contribution is -1.02. The maximum Gasteiger partial charge on any atom is 0.261 e. The smallest absolute Gasteiger partial charge is 0.261 e. The fourth-order valence-corrected chi connectivity index (χ4v) is 3.17. The molecule has 0 radical (unpaired) electrons. The Labute approximate surface area is 123 Å². The first kappa shape index (κ1) is 14.1. The fraction of sp³-hybridized carbons (Fsp3) is 0.438. The topological polar surface area (TPSA) is 62.0 Å². The summed E-state index contributed by atoms with van der Waals surface area (Å²) in [4.78, 5) is 18.1. The number of hydrogen-bond acceptors (Lipinski definition) is 2. The molecule has 1 aliphatic rings. The molecule has 0 saturated carbocycles. The average Bonchev–Trinajstić information content (AvgIpc) is 2.52. The molecule has 1 aromatic carbocycles. The number of fused-ring (bicyclic) bond motifs is 1. The van der Waals surface area contributed by atoms with Crippen LogP contribution in [0.25, 0.3) is 10.9 Å². The van der Waals surface area contributed by atoms with Crippen molar-refractivity contribution in [2.24, 2.45) is 0 Å². The van der Waals surface area contributed by atoms with Gasteiger partial charge in [-0.2, -0.15) is 0 Å². The molecule has 112 valence electrons.